The van der Waals surface area contributed by atoms with Crippen LogP contribution in [0.4, 0.5) is 29.3 Å². The zero-order valence-corrected chi connectivity index (χ0v) is 19.3. The smallest absolute Gasteiger partial charge is 0.494 e. The minimum atomic E-state index is -4.87. The van der Waals surface area contributed by atoms with E-state index in [1.807, 2.05) is 0 Å². The molecule has 4 rings (SSSR count). The topological polar surface area (TPSA) is 119 Å². The summed E-state index contributed by atoms with van der Waals surface area (Å²) >= 11 is 0. The second-order valence-electron chi connectivity index (χ2n) is 7.54. The summed E-state index contributed by atoms with van der Waals surface area (Å²) in [7, 11) is 1.44. The van der Waals surface area contributed by atoms with Crippen molar-refractivity contribution in [3.8, 4) is 17.2 Å². The number of methoxy groups -OCH3 is 1. The van der Waals surface area contributed by atoms with Crippen LogP contribution in [0, 0.1) is 5.41 Å². The maximum atomic E-state index is 12.7. The van der Waals surface area contributed by atoms with Crippen molar-refractivity contribution < 1.29 is 32.2 Å². The van der Waals surface area contributed by atoms with Crippen molar-refractivity contribution in [2.45, 2.75) is 6.36 Å². The summed E-state index contributed by atoms with van der Waals surface area (Å²) < 4.78 is 53.5. The van der Waals surface area contributed by atoms with Crippen LogP contribution >= 0.6 is 0 Å². The van der Waals surface area contributed by atoms with Gasteiger partial charge in [0.2, 0.25) is 5.43 Å². The van der Waals surface area contributed by atoms with Crippen LogP contribution in [-0.4, -0.2) is 48.7 Å². The molecule has 0 radical (unpaired) electrons. The second-order valence-corrected chi connectivity index (χ2v) is 7.54. The van der Waals surface area contributed by atoms with Crippen molar-refractivity contribution in [2.75, 3.05) is 30.5 Å². The number of anilines is 2. The fourth-order valence-corrected chi connectivity index (χ4v) is 3.57. The molecule has 37 heavy (non-hydrogen) atoms. The lowest BCUT2D eigenvalue weighted by Gasteiger charge is -2.17. The molecule has 1 fully saturated rings. The predicted octanol–water partition coefficient (Wildman–Crippen LogP) is 4.20. The zero-order chi connectivity index (χ0) is 26.6. The Hall–Kier alpha value is -4.81. The van der Waals surface area contributed by atoms with Gasteiger partial charge in [-0.1, -0.05) is 6.07 Å². The molecule has 0 saturated carbocycles. The number of carbonyl (C=O) groups is 1. The molecular formula is C24H20F3N5O5. The lowest BCUT2D eigenvalue weighted by atomic mass is 10.2. The quantitative estimate of drug-likeness (QED) is 0.432. The maximum Gasteiger partial charge on any atom is 0.573 e. The highest BCUT2D eigenvalue weighted by atomic mass is 19.4. The summed E-state index contributed by atoms with van der Waals surface area (Å²) in [5, 5.41) is 14.7. The Labute approximate surface area is 208 Å². The minimum Gasteiger partial charge on any atom is -0.494 e. The number of hydrogen-bond donors (Lipinski definition) is 2. The van der Waals surface area contributed by atoms with Crippen molar-refractivity contribution in [1.29, 1.82) is 5.41 Å². The third kappa shape index (κ3) is 5.89. The molecule has 3 aromatic rings. The van der Waals surface area contributed by atoms with Crippen LogP contribution in [0.25, 0.3) is 11.4 Å². The van der Waals surface area contributed by atoms with Crippen molar-refractivity contribution in [2.24, 2.45) is 0 Å². The Morgan fingerprint density at radius 3 is 2.68 bits per heavy atom. The Morgan fingerprint density at radius 2 is 2.00 bits per heavy atom. The summed E-state index contributed by atoms with van der Waals surface area (Å²) in [6.45, 7) is 0.661. The number of carbonyl (C=O) groups excluding carboxylic acids is 1. The summed E-state index contributed by atoms with van der Waals surface area (Å²) in [5.74, 6) is -0.112. The standard InChI is InChI=1S/C24H20F3N5O5/c1-35-21-14-16(31-11-12-36-23(31)34)5-6-19(21)32-10-8-20(33)22(30-32)18(7-9-28)29-15-3-2-4-17(13-15)37-24(25,26)27/h2-10,13-14,28-29H,11-12H2,1H3/b18-7-,28-9?. The van der Waals surface area contributed by atoms with Crippen molar-refractivity contribution in [3.05, 3.63) is 76.7 Å². The van der Waals surface area contributed by atoms with Crippen molar-refractivity contribution in [3.63, 3.8) is 0 Å². The molecule has 0 atom stereocenters. The summed E-state index contributed by atoms with van der Waals surface area (Å²) in [6.07, 6.45) is -1.79. The van der Waals surface area contributed by atoms with E-state index < -0.39 is 23.6 Å². The summed E-state index contributed by atoms with van der Waals surface area (Å²) in [4.78, 5) is 26.0. The van der Waals surface area contributed by atoms with Gasteiger partial charge in [0.25, 0.3) is 0 Å². The zero-order valence-electron chi connectivity index (χ0n) is 19.3. The van der Waals surface area contributed by atoms with Gasteiger partial charge in [-0.2, -0.15) is 5.10 Å². The number of allylic oxidation sites excluding steroid dienone is 1. The molecule has 1 aliphatic heterocycles. The molecule has 1 saturated heterocycles. The van der Waals surface area contributed by atoms with E-state index in [4.69, 9.17) is 14.9 Å². The maximum absolute atomic E-state index is 12.7. The fraction of sp³-hybridized carbons (Fsp3) is 0.167. The van der Waals surface area contributed by atoms with Gasteiger partial charge in [0.15, 0.2) is 5.69 Å². The Kier molecular flexibility index (Phi) is 7.13. The predicted molar refractivity (Wildman–Crippen MR) is 129 cm³/mol. The van der Waals surface area contributed by atoms with E-state index in [1.54, 1.807) is 18.2 Å². The molecule has 10 nitrogen and oxygen atoms in total. The number of nitrogens with zero attached hydrogens (tertiary/aromatic N) is 3. The number of ether oxygens (including phenoxy) is 3. The van der Waals surface area contributed by atoms with Gasteiger partial charge in [-0.05, 0) is 30.3 Å². The Balaban J connectivity index is 1.68. The van der Waals surface area contributed by atoms with E-state index in [9.17, 15) is 22.8 Å². The third-order valence-electron chi connectivity index (χ3n) is 5.14. The van der Waals surface area contributed by atoms with Gasteiger partial charge in [-0.25, -0.2) is 9.48 Å². The van der Waals surface area contributed by atoms with Crippen LogP contribution < -0.4 is 25.1 Å². The van der Waals surface area contributed by atoms with E-state index in [0.717, 1.165) is 18.3 Å². The number of amides is 1. The van der Waals surface area contributed by atoms with Crippen LogP contribution in [0.3, 0.4) is 0 Å². The number of rotatable bonds is 8. The molecule has 0 bridgehead atoms. The first-order chi connectivity index (χ1) is 17.7. The van der Waals surface area contributed by atoms with E-state index in [2.05, 4.69) is 15.2 Å². The number of cyclic esters (lactones) is 1. The first-order valence-corrected chi connectivity index (χ1v) is 10.7. The molecule has 1 aromatic heterocycles. The van der Waals surface area contributed by atoms with E-state index in [1.165, 1.54) is 47.2 Å². The van der Waals surface area contributed by atoms with Crippen LogP contribution in [0.2, 0.25) is 0 Å². The summed E-state index contributed by atoms with van der Waals surface area (Å²) in [5.41, 5.74) is 0.614. The van der Waals surface area contributed by atoms with Crippen molar-refractivity contribution in [1.82, 2.24) is 9.78 Å². The first kappa shape index (κ1) is 25.3. The van der Waals surface area contributed by atoms with Gasteiger partial charge in [-0.15, -0.1) is 13.2 Å². The molecule has 2 heterocycles. The van der Waals surface area contributed by atoms with E-state index in [-0.39, 0.29) is 23.7 Å². The molecule has 192 valence electrons. The molecule has 2 N–H and O–H groups in total. The highest BCUT2D eigenvalue weighted by molar-refractivity contribution is 5.90. The molecule has 0 aliphatic carbocycles. The van der Waals surface area contributed by atoms with Gasteiger partial charge in [0.1, 0.15) is 23.8 Å². The number of benzene rings is 2. The molecule has 0 spiro atoms. The van der Waals surface area contributed by atoms with Crippen molar-refractivity contribution >= 4 is 29.4 Å². The van der Waals surface area contributed by atoms with E-state index in [0.29, 0.717) is 23.7 Å². The number of alkyl halides is 3. The third-order valence-corrected chi connectivity index (χ3v) is 5.14. The summed E-state index contributed by atoms with van der Waals surface area (Å²) in [6, 6.07) is 11.2. The van der Waals surface area contributed by atoms with Gasteiger partial charge < -0.3 is 24.9 Å². The van der Waals surface area contributed by atoms with Gasteiger partial charge in [0, 0.05) is 36.3 Å². The largest absolute Gasteiger partial charge is 0.573 e. The Bertz CT molecular complexity index is 1420. The van der Waals surface area contributed by atoms with Gasteiger partial charge >= 0.3 is 12.5 Å². The molecule has 2 aromatic carbocycles. The number of hydrogen-bond acceptors (Lipinski definition) is 8. The molecule has 1 aliphatic rings. The molecular weight excluding hydrogens is 495 g/mol. The van der Waals surface area contributed by atoms with Crippen LogP contribution in [0.15, 0.2) is 65.6 Å². The lowest BCUT2D eigenvalue weighted by Crippen LogP contribution is -2.23. The fourth-order valence-electron chi connectivity index (χ4n) is 3.57. The van der Waals surface area contributed by atoms with Crippen LogP contribution in [-0.2, 0) is 4.74 Å². The van der Waals surface area contributed by atoms with Crippen LogP contribution in [0.1, 0.15) is 5.69 Å². The number of nitrogens with one attached hydrogen (secondary N) is 2. The Morgan fingerprint density at radius 1 is 1.19 bits per heavy atom. The monoisotopic (exact) mass is 515 g/mol. The average Bonchev–Trinajstić information content (AvgIpc) is 3.29. The first-order valence-electron chi connectivity index (χ1n) is 10.7. The lowest BCUT2D eigenvalue weighted by molar-refractivity contribution is -0.274. The van der Waals surface area contributed by atoms with Crippen LogP contribution in [0.5, 0.6) is 11.5 Å². The highest BCUT2D eigenvalue weighted by Crippen LogP contribution is 2.30. The number of halogens is 3. The second kappa shape index (κ2) is 10.4. The molecule has 0 unspecified atom stereocenters. The van der Waals surface area contributed by atoms with Gasteiger partial charge in [-0.3, -0.25) is 9.69 Å². The minimum absolute atomic E-state index is 0.0638. The highest BCUT2D eigenvalue weighted by Gasteiger charge is 2.31. The van der Waals surface area contributed by atoms with E-state index >= 15 is 0 Å². The van der Waals surface area contributed by atoms with Gasteiger partial charge in [0.05, 0.1) is 25.0 Å². The average molecular weight is 515 g/mol. The normalized spacial score (nSPS) is 13.8. The number of aromatic nitrogens is 2. The molecule has 1 amide bonds. The molecule has 13 heteroatoms. The SMILES string of the molecule is COc1cc(N2CCOC2=O)ccc1-n1ccc(=O)c(/C(=C/C=N)Nc2cccc(OC(F)(F)F)c2)n1.